The number of hydrogen-bond donors (Lipinski definition) is 2. The smallest absolute Gasteiger partial charge is 0.278 e. The SMILES string of the molecule is O=C(NNC1c2ccccc2-c2ccccc21)[C@@H]1COc2ccccc2O1. The first-order valence-electron chi connectivity index (χ1n) is 8.93. The van der Waals surface area contributed by atoms with Crippen molar-refractivity contribution in [2.24, 2.45) is 0 Å². The summed E-state index contributed by atoms with van der Waals surface area (Å²) in [6, 6.07) is 23.7. The molecule has 1 atom stereocenters. The Morgan fingerprint density at radius 3 is 2.11 bits per heavy atom. The summed E-state index contributed by atoms with van der Waals surface area (Å²) in [5.74, 6) is 0.986. The summed E-state index contributed by atoms with van der Waals surface area (Å²) < 4.78 is 11.4. The highest BCUT2D eigenvalue weighted by atomic mass is 16.6. The number of hydrogen-bond acceptors (Lipinski definition) is 4. The summed E-state index contributed by atoms with van der Waals surface area (Å²) in [5.41, 5.74) is 10.7. The van der Waals surface area contributed by atoms with Gasteiger partial charge in [0, 0.05) is 0 Å². The minimum absolute atomic E-state index is 0.0989. The van der Waals surface area contributed by atoms with Crippen LogP contribution in [0.4, 0.5) is 0 Å². The molecule has 1 aliphatic carbocycles. The Morgan fingerprint density at radius 1 is 0.815 bits per heavy atom. The molecule has 134 valence electrons. The summed E-state index contributed by atoms with van der Waals surface area (Å²) in [7, 11) is 0. The molecule has 3 aromatic carbocycles. The highest BCUT2D eigenvalue weighted by molar-refractivity contribution is 5.82. The molecule has 0 radical (unpaired) electrons. The molecule has 5 nitrogen and oxygen atoms in total. The van der Waals surface area contributed by atoms with E-state index in [0.29, 0.717) is 11.5 Å². The summed E-state index contributed by atoms with van der Waals surface area (Å²) in [4.78, 5) is 12.6. The van der Waals surface area contributed by atoms with Crippen molar-refractivity contribution in [1.29, 1.82) is 0 Å². The van der Waals surface area contributed by atoms with Crippen LogP contribution in [0.3, 0.4) is 0 Å². The van der Waals surface area contributed by atoms with Crippen LogP contribution in [0, 0.1) is 0 Å². The Morgan fingerprint density at radius 2 is 1.41 bits per heavy atom. The first-order valence-corrected chi connectivity index (χ1v) is 8.93. The van der Waals surface area contributed by atoms with Gasteiger partial charge in [0.1, 0.15) is 6.61 Å². The lowest BCUT2D eigenvalue weighted by molar-refractivity contribution is -0.131. The second-order valence-corrected chi connectivity index (χ2v) is 6.61. The number of carbonyl (C=O) groups excluding carboxylic acids is 1. The molecule has 1 heterocycles. The minimum atomic E-state index is -0.695. The Kier molecular flexibility index (Phi) is 3.80. The van der Waals surface area contributed by atoms with Gasteiger partial charge in [0.2, 0.25) is 6.10 Å². The number of rotatable bonds is 3. The molecular formula is C22H18N2O3. The standard InChI is InChI=1S/C22H18N2O3/c25-22(20-13-26-18-11-5-6-12-19(18)27-20)24-23-21-16-9-3-1-7-14(16)15-8-2-4-10-17(15)21/h1-12,20-21,23H,13H2,(H,24,25)/t20-/m0/s1. The molecule has 0 unspecified atom stereocenters. The van der Waals surface area contributed by atoms with Gasteiger partial charge < -0.3 is 9.47 Å². The zero-order chi connectivity index (χ0) is 18.2. The van der Waals surface area contributed by atoms with Crippen LogP contribution in [-0.4, -0.2) is 18.6 Å². The van der Waals surface area contributed by atoms with Gasteiger partial charge in [-0.25, -0.2) is 5.43 Å². The Balaban J connectivity index is 1.33. The molecule has 0 saturated heterocycles. The normalized spacial score (nSPS) is 17.1. The predicted octanol–water partition coefficient (Wildman–Crippen LogP) is 3.22. The molecule has 0 saturated carbocycles. The molecule has 3 aromatic rings. The largest absolute Gasteiger partial charge is 0.485 e. The maximum atomic E-state index is 12.6. The van der Waals surface area contributed by atoms with Gasteiger partial charge in [-0.05, 0) is 34.4 Å². The average Bonchev–Trinajstić information content (AvgIpc) is 3.05. The van der Waals surface area contributed by atoms with Gasteiger partial charge in [0.15, 0.2) is 11.5 Å². The fourth-order valence-corrected chi connectivity index (χ4v) is 3.68. The third-order valence-corrected chi connectivity index (χ3v) is 4.97. The number of nitrogens with one attached hydrogen (secondary N) is 2. The van der Waals surface area contributed by atoms with E-state index in [1.165, 1.54) is 11.1 Å². The van der Waals surface area contributed by atoms with Crippen LogP contribution >= 0.6 is 0 Å². The quantitative estimate of drug-likeness (QED) is 0.706. The predicted molar refractivity (Wildman–Crippen MR) is 101 cm³/mol. The zero-order valence-electron chi connectivity index (χ0n) is 14.5. The first kappa shape index (κ1) is 15.9. The zero-order valence-corrected chi connectivity index (χ0v) is 14.5. The van der Waals surface area contributed by atoms with Crippen LogP contribution in [0.2, 0.25) is 0 Å². The van der Waals surface area contributed by atoms with Crippen LogP contribution in [-0.2, 0) is 4.79 Å². The molecule has 5 heteroatoms. The van der Waals surface area contributed by atoms with Crippen LogP contribution in [0.1, 0.15) is 17.2 Å². The van der Waals surface area contributed by atoms with Crippen molar-refractivity contribution < 1.29 is 14.3 Å². The van der Waals surface area contributed by atoms with E-state index >= 15 is 0 Å². The Bertz CT molecular complexity index is 972. The van der Waals surface area contributed by atoms with Crippen molar-refractivity contribution in [3.63, 3.8) is 0 Å². The van der Waals surface area contributed by atoms with E-state index in [4.69, 9.17) is 9.47 Å². The monoisotopic (exact) mass is 358 g/mol. The maximum Gasteiger partial charge on any atom is 0.278 e. The van der Waals surface area contributed by atoms with E-state index < -0.39 is 6.10 Å². The molecule has 2 N–H and O–H groups in total. The van der Waals surface area contributed by atoms with E-state index in [0.717, 1.165) is 11.1 Å². The number of hydrazine groups is 1. The molecule has 0 spiro atoms. The van der Waals surface area contributed by atoms with Gasteiger partial charge in [-0.2, -0.15) is 0 Å². The number of fused-ring (bicyclic) bond motifs is 4. The summed E-state index contributed by atoms with van der Waals surface area (Å²) in [5, 5.41) is 0. The number of carbonyl (C=O) groups is 1. The Hall–Kier alpha value is -3.31. The highest BCUT2D eigenvalue weighted by Crippen LogP contribution is 2.42. The molecule has 5 rings (SSSR count). The molecule has 0 fully saturated rings. The number of para-hydroxylation sites is 2. The third-order valence-electron chi connectivity index (χ3n) is 4.97. The van der Waals surface area contributed by atoms with E-state index in [9.17, 15) is 4.79 Å². The van der Waals surface area contributed by atoms with Gasteiger partial charge in [0.25, 0.3) is 5.91 Å². The fourth-order valence-electron chi connectivity index (χ4n) is 3.68. The maximum absolute atomic E-state index is 12.6. The van der Waals surface area contributed by atoms with Crippen molar-refractivity contribution in [2.45, 2.75) is 12.1 Å². The van der Waals surface area contributed by atoms with Crippen LogP contribution in [0.5, 0.6) is 11.5 Å². The van der Waals surface area contributed by atoms with Gasteiger partial charge >= 0.3 is 0 Å². The van der Waals surface area contributed by atoms with Crippen LogP contribution in [0.15, 0.2) is 72.8 Å². The Labute approximate surface area is 156 Å². The minimum Gasteiger partial charge on any atom is -0.485 e. The van der Waals surface area contributed by atoms with Gasteiger partial charge in [0.05, 0.1) is 6.04 Å². The highest BCUT2D eigenvalue weighted by Gasteiger charge is 2.31. The molecule has 27 heavy (non-hydrogen) atoms. The van der Waals surface area contributed by atoms with Crippen molar-refractivity contribution >= 4 is 5.91 Å². The third kappa shape index (κ3) is 2.73. The van der Waals surface area contributed by atoms with E-state index in [-0.39, 0.29) is 18.6 Å². The van der Waals surface area contributed by atoms with E-state index in [2.05, 4.69) is 35.1 Å². The second-order valence-electron chi connectivity index (χ2n) is 6.61. The van der Waals surface area contributed by atoms with Gasteiger partial charge in [-0.1, -0.05) is 60.7 Å². The fraction of sp³-hybridized carbons (Fsp3) is 0.136. The molecular weight excluding hydrogens is 340 g/mol. The van der Waals surface area contributed by atoms with Gasteiger partial charge in [-0.15, -0.1) is 0 Å². The molecule has 1 amide bonds. The number of amides is 1. The lowest BCUT2D eigenvalue weighted by atomic mass is 10.1. The topological polar surface area (TPSA) is 59.6 Å². The molecule has 0 aromatic heterocycles. The lowest BCUT2D eigenvalue weighted by Gasteiger charge is -2.26. The molecule has 0 bridgehead atoms. The van der Waals surface area contributed by atoms with Crippen molar-refractivity contribution in [2.75, 3.05) is 6.61 Å². The lowest BCUT2D eigenvalue weighted by Crippen LogP contribution is -2.50. The first-order chi connectivity index (χ1) is 13.3. The van der Waals surface area contributed by atoms with E-state index in [1.807, 2.05) is 42.5 Å². The molecule has 1 aliphatic heterocycles. The summed E-state index contributed by atoms with van der Waals surface area (Å²) in [6.45, 7) is 0.183. The van der Waals surface area contributed by atoms with Crippen molar-refractivity contribution in [1.82, 2.24) is 10.9 Å². The summed E-state index contributed by atoms with van der Waals surface area (Å²) >= 11 is 0. The van der Waals surface area contributed by atoms with Crippen LogP contribution in [0.25, 0.3) is 11.1 Å². The second kappa shape index (κ2) is 6.45. The van der Waals surface area contributed by atoms with Crippen molar-refractivity contribution in [3.05, 3.63) is 83.9 Å². The van der Waals surface area contributed by atoms with E-state index in [1.54, 1.807) is 6.07 Å². The molecule has 2 aliphatic rings. The summed E-state index contributed by atoms with van der Waals surface area (Å²) in [6.07, 6.45) is -0.695. The van der Waals surface area contributed by atoms with Crippen LogP contribution < -0.4 is 20.3 Å². The number of ether oxygens (including phenoxy) is 2. The average molecular weight is 358 g/mol. The number of benzene rings is 3. The van der Waals surface area contributed by atoms with Crippen molar-refractivity contribution in [3.8, 4) is 22.6 Å². The van der Waals surface area contributed by atoms with Gasteiger partial charge in [-0.3, -0.25) is 10.2 Å².